The molecule has 140 valence electrons. The summed E-state index contributed by atoms with van der Waals surface area (Å²) in [6.07, 6.45) is 3.91. The summed E-state index contributed by atoms with van der Waals surface area (Å²) < 4.78 is 31.2. The van der Waals surface area contributed by atoms with Crippen molar-refractivity contribution in [2.24, 2.45) is 0 Å². The van der Waals surface area contributed by atoms with Crippen LogP contribution < -0.4 is 4.74 Å². The molecule has 0 aliphatic carbocycles. The molecule has 1 aromatic heterocycles. The Morgan fingerprint density at radius 1 is 1.00 bits per heavy atom. The summed E-state index contributed by atoms with van der Waals surface area (Å²) in [6, 6.07) is 13.5. The van der Waals surface area contributed by atoms with Crippen molar-refractivity contribution in [3.63, 3.8) is 0 Å². The smallest absolute Gasteiger partial charge is 0.202 e. The zero-order valence-corrected chi connectivity index (χ0v) is 15.2. The van der Waals surface area contributed by atoms with Gasteiger partial charge >= 0.3 is 0 Å². The lowest BCUT2D eigenvalue weighted by atomic mass is 10.0. The summed E-state index contributed by atoms with van der Waals surface area (Å²) in [4.78, 5) is 7.42. The van der Waals surface area contributed by atoms with Crippen LogP contribution in [0.25, 0.3) is 0 Å². The first-order valence-corrected chi connectivity index (χ1v) is 8.92. The summed E-state index contributed by atoms with van der Waals surface area (Å²) in [5.74, 6) is 0.826. The summed E-state index contributed by atoms with van der Waals surface area (Å²) >= 11 is 0. The fraction of sp³-hybridized carbons (Fsp3) is 0.286. The molecule has 0 radical (unpaired) electrons. The molecular weight excluding hydrogens is 347 g/mol. The third-order valence-electron chi connectivity index (χ3n) is 4.71. The fourth-order valence-electron chi connectivity index (χ4n) is 3.17. The number of H-pyrrole nitrogens is 1. The lowest BCUT2D eigenvalue weighted by Crippen LogP contribution is -2.31. The van der Waals surface area contributed by atoms with E-state index in [1.165, 1.54) is 12.1 Å². The van der Waals surface area contributed by atoms with Crippen molar-refractivity contribution in [1.29, 1.82) is 0 Å². The van der Waals surface area contributed by atoms with Crippen molar-refractivity contribution in [2.75, 3.05) is 0 Å². The quantitative estimate of drug-likeness (QED) is 0.717. The van der Waals surface area contributed by atoms with Crippen molar-refractivity contribution in [3.05, 3.63) is 78.1 Å². The maximum atomic E-state index is 13.0. The van der Waals surface area contributed by atoms with Gasteiger partial charge in [0.1, 0.15) is 23.1 Å². The second-order valence-electron chi connectivity index (χ2n) is 6.69. The highest BCUT2D eigenvalue weighted by Gasteiger charge is 2.46. The molecule has 1 fully saturated rings. The molecule has 1 aliphatic heterocycles. The Kier molecular flexibility index (Phi) is 4.68. The molecule has 1 aliphatic rings. The van der Waals surface area contributed by atoms with Gasteiger partial charge in [-0.2, -0.15) is 0 Å². The highest BCUT2D eigenvalue weighted by molar-refractivity contribution is 5.35. The van der Waals surface area contributed by atoms with Crippen molar-refractivity contribution in [1.82, 2.24) is 9.97 Å². The van der Waals surface area contributed by atoms with E-state index in [1.54, 1.807) is 24.5 Å². The van der Waals surface area contributed by atoms with Gasteiger partial charge in [-0.1, -0.05) is 0 Å². The molecule has 27 heavy (non-hydrogen) atoms. The van der Waals surface area contributed by atoms with E-state index in [0.29, 0.717) is 17.9 Å². The van der Waals surface area contributed by atoms with Gasteiger partial charge in [0.15, 0.2) is 0 Å². The Labute approximate surface area is 157 Å². The Hall–Kier alpha value is -2.70. The minimum atomic E-state index is -0.898. The molecule has 1 N–H and O–H groups in total. The maximum absolute atomic E-state index is 13.0. The molecule has 0 spiro atoms. The molecule has 3 aromatic rings. The van der Waals surface area contributed by atoms with Crippen molar-refractivity contribution < 1.29 is 18.6 Å². The second kappa shape index (κ2) is 7.13. The molecule has 5 nitrogen and oxygen atoms in total. The Morgan fingerprint density at radius 3 is 2.15 bits per heavy atom. The topological polar surface area (TPSA) is 56.4 Å². The number of aromatic amines is 1. The molecule has 0 saturated carbocycles. The van der Waals surface area contributed by atoms with Crippen LogP contribution in [-0.4, -0.2) is 22.2 Å². The van der Waals surface area contributed by atoms with Crippen LogP contribution in [0.2, 0.25) is 0 Å². The molecule has 0 amide bonds. The Morgan fingerprint density at radius 2 is 1.59 bits per heavy atom. The predicted octanol–water partition coefficient (Wildman–Crippen LogP) is 4.56. The average Bonchev–Trinajstić information content (AvgIpc) is 3.26. The molecule has 4 rings (SSSR count). The van der Waals surface area contributed by atoms with Crippen LogP contribution in [0.15, 0.2) is 60.9 Å². The van der Waals surface area contributed by atoms with Crippen LogP contribution in [0.3, 0.4) is 0 Å². The Bertz CT molecular complexity index is 869. The van der Waals surface area contributed by atoms with Crippen LogP contribution in [-0.2, 0) is 21.7 Å². The van der Waals surface area contributed by atoms with Gasteiger partial charge < -0.3 is 19.2 Å². The van der Waals surface area contributed by atoms with Crippen molar-refractivity contribution in [3.8, 4) is 11.5 Å². The minimum Gasteiger partial charge on any atom is -0.457 e. The molecule has 6 heteroatoms. The van der Waals surface area contributed by atoms with E-state index in [2.05, 4.69) is 9.97 Å². The predicted molar refractivity (Wildman–Crippen MR) is 98.0 cm³/mol. The largest absolute Gasteiger partial charge is 0.457 e. The van der Waals surface area contributed by atoms with Gasteiger partial charge in [0.25, 0.3) is 0 Å². The van der Waals surface area contributed by atoms with Gasteiger partial charge in [0.05, 0.1) is 18.6 Å². The summed E-state index contributed by atoms with van der Waals surface area (Å²) in [5, 5.41) is 0. The highest BCUT2D eigenvalue weighted by Crippen LogP contribution is 2.40. The standard InChI is InChI=1S/C21H21FN2O3/c1-14-15(2)27-21(26-14,13-20-23-11-12-24-20)16-3-7-18(8-4-16)25-19-9-5-17(22)6-10-19/h3-12,14-15H,13H2,1-2H3,(H,23,24). The normalized spacial score (nSPS) is 24.9. The zero-order valence-electron chi connectivity index (χ0n) is 15.2. The van der Waals surface area contributed by atoms with Crippen molar-refractivity contribution >= 4 is 0 Å². The van der Waals surface area contributed by atoms with E-state index < -0.39 is 5.79 Å². The number of imidazole rings is 1. The van der Waals surface area contributed by atoms with E-state index >= 15 is 0 Å². The van der Waals surface area contributed by atoms with Crippen LogP contribution in [0.5, 0.6) is 11.5 Å². The minimum absolute atomic E-state index is 0.0323. The Balaban J connectivity index is 1.58. The number of halogens is 1. The number of nitrogens with zero attached hydrogens (tertiary/aromatic N) is 1. The third-order valence-corrected chi connectivity index (χ3v) is 4.71. The maximum Gasteiger partial charge on any atom is 0.202 e. The molecule has 2 atom stereocenters. The van der Waals surface area contributed by atoms with E-state index in [-0.39, 0.29) is 18.0 Å². The molecular formula is C21H21FN2O3. The molecule has 0 bridgehead atoms. The number of hydrogen-bond acceptors (Lipinski definition) is 4. The highest BCUT2D eigenvalue weighted by atomic mass is 19.1. The van der Waals surface area contributed by atoms with E-state index in [9.17, 15) is 4.39 Å². The first-order valence-electron chi connectivity index (χ1n) is 8.92. The first kappa shape index (κ1) is 17.7. The first-order chi connectivity index (χ1) is 13.0. The van der Waals surface area contributed by atoms with Crippen LogP contribution >= 0.6 is 0 Å². The number of nitrogens with one attached hydrogen (secondary N) is 1. The van der Waals surface area contributed by atoms with Gasteiger partial charge in [-0.3, -0.25) is 0 Å². The third kappa shape index (κ3) is 3.72. The molecule has 2 aromatic carbocycles. The number of rotatable bonds is 5. The zero-order chi connectivity index (χ0) is 18.9. The molecule has 1 saturated heterocycles. The second-order valence-corrected chi connectivity index (χ2v) is 6.69. The van der Waals surface area contributed by atoms with Gasteiger partial charge in [-0.25, -0.2) is 9.37 Å². The van der Waals surface area contributed by atoms with Crippen molar-refractivity contribution in [2.45, 2.75) is 38.3 Å². The SMILES string of the molecule is CC1OC(Cc2ncc[nH]2)(c2ccc(Oc3ccc(F)cc3)cc2)OC1C. The van der Waals surface area contributed by atoms with Gasteiger partial charge in [-0.05, 0) is 62.4 Å². The van der Waals surface area contributed by atoms with E-state index in [4.69, 9.17) is 14.2 Å². The van der Waals surface area contributed by atoms with E-state index in [0.717, 1.165) is 11.4 Å². The number of aromatic nitrogens is 2. The van der Waals surface area contributed by atoms with Crippen LogP contribution in [0, 0.1) is 5.82 Å². The van der Waals surface area contributed by atoms with E-state index in [1.807, 2.05) is 38.1 Å². The molecule has 2 heterocycles. The average molecular weight is 368 g/mol. The monoisotopic (exact) mass is 368 g/mol. The summed E-state index contributed by atoms with van der Waals surface area (Å²) in [5.41, 5.74) is 0.890. The molecule has 2 unspecified atom stereocenters. The van der Waals surface area contributed by atoms with Crippen LogP contribution in [0.1, 0.15) is 25.2 Å². The van der Waals surface area contributed by atoms with Gasteiger partial charge in [0, 0.05) is 18.0 Å². The number of benzene rings is 2. The summed E-state index contributed by atoms with van der Waals surface area (Å²) in [7, 11) is 0. The lowest BCUT2D eigenvalue weighted by Gasteiger charge is -2.28. The number of hydrogen-bond donors (Lipinski definition) is 1. The van der Waals surface area contributed by atoms with Gasteiger partial charge in [0.2, 0.25) is 5.79 Å². The lowest BCUT2D eigenvalue weighted by molar-refractivity contribution is -0.182. The van der Waals surface area contributed by atoms with Gasteiger partial charge in [-0.15, -0.1) is 0 Å². The summed E-state index contributed by atoms with van der Waals surface area (Å²) in [6.45, 7) is 4.00. The number of ether oxygens (including phenoxy) is 3. The van der Waals surface area contributed by atoms with Crippen LogP contribution in [0.4, 0.5) is 4.39 Å². The fourth-order valence-corrected chi connectivity index (χ4v) is 3.17.